The Morgan fingerprint density at radius 3 is 2.83 bits per heavy atom. The molecule has 2 N–H and O–H groups in total. The van der Waals surface area contributed by atoms with Gasteiger partial charge in [-0.2, -0.15) is 0 Å². The fourth-order valence-electron chi connectivity index (χ4n) is 1.76. The van der Waals surface area contributed by atoms with Gasteiger partial charge in [-0.15, -0.1) is 11.3 Å². The molecule has 1 heterocycles. The van der Waals surface area contributed by atoms with Crippen molar-refractivity contribution in [3.05, 3.63) is 50.6 Å². The summed E-state index contributed by atoms with van der Waals surface area (Å²) in [7, 11) is 0. The number of hydrogen-bond acceptors (Lipinski definition) is 3. The summed E-state index contributed by atoms with van der Waals surface area (Å²) in [5.74, 6) is 0.945. The van der Waals surface area contributed by atoms with E-state index in [2.05, 4.69) is 39.5 Å². The van der Waals surface area contributed by atoms with Gasteiger partial charge < -0.3 is 10.5 Å². The van der Waals surface area contributed by atoms with Gasteiger partial charge in [0.1, 0.15) is 5.75 Å². The molecule has 1 aromatic heterocycles. The lowest BCUT2D eigenvalue weighted by atomic mass is 10.1. The van der Waals surface area contributed by atoms with Crippen molar-refractivity contribution < 1.29 is 4.74 Å². The number of nitrogens with two attached hydrogens (primary N) is 1. The molecule has 0 aliphatic rings. The van der Waals surface area contributed by atoms with Crippen molar-refractivity contribution in [2.75, 3.05) is 13.2 Å². The molecule has 2 rings (SSSR count). The highest BCUT2D eigenvalue weighted by molar-refractivity contribution is 9.10. The van der Waals surface area contributed by atoms with E-state index in [-0.39, 0.29) is 0 Å². The van der Waals surface area contributed by atoms with Gasteiger partial charge in [-0.05, 0) is 48.2 Å². The third kappa shape index (κ3) is 3.83. The summed E-state index contributed by atoms with van der Waals surface area (Å²) in [4.78, 5) is 1.35. The van der Waals surface area contributed by atoms with Crippen LogP contribution in [-0.2, 0) is 12.8 Å². The Morgan fingerprint density at radius 2 is 2.11 bits per heavy atom. The fourth-order valence-corrected chi connectivity index (χ4v) is 2.85. The molecule has 0 saturated carbocycles. The zero-order chi connectivity index (χ0) is 12.8. The van der Waals surface area contributed by atoms with E-state index in [9.17, 15) is 0 Å². The molecule has 0 atom stereocenters. The van der Waals surface area contributed by atoms with Crippen molar-refractivity contribution in [2.45, 2.75) is 12.8 Å². The standard InChI is InChI=1S/C14H16BrNOS/c15-12-3-4-14(11(10-12)5-7-16)17-8-6-13-2-1-9-18-13/h1-4,9-10H,5-8,16H2. The van der Waals surface area contributed by atoms with Crippen LogP contribution in [0.3, 0.4) is 0 Å². The quantitative estimate of drug-likeness (QED) is 0.880. The van der Waals surface area contributed by atoms with Gasteiger partial charge in [0, 0.05) is 15.8 Å². The molecule has 96 valence electrons. The summed E-state index contributed by atoms with van der Waals surface area (Å²) in [6.45, 7) is 1.34. The summed E-state index contributed by atoms with van der Waals surface area (Å²) >= 11 is 5.24. The topological polar surface area (TPSA) is 35.2 Å². The Labute approximate surface area is 120 Å². The minimum absolute atomic E-state index is 0.637. The van der Waals surface area contributed by atoms with Gasteiger partial charge in [-0.3, -0.25) is 0 Å². The van der Waals surface area contributed by atoms with Crippen LogP contribution in [0.15, 0.2) is 40.2 Å². The monoisotopic (exact) mass is 325 g/mol. The number of halogens is 1. The first kappa shape index (κ1) is 13.6. The maximum atomic E-state index is 5.85. The van der Waals surface area contributed by atoms with E-state index in [0.717, 1.165) is 28.6 Å². The molecule has 0 radical (unpaired) electrons. The Hall–Kier alpha value is -0.840. The van der Waals surface area contributed by atoms with Crippen LogP contribution in [-0.4, -0.2) is 13.2 Å². The molecule has 4 heteroatoms. The number of hydrogen-bond donors (Lipinski definition) is 1. The highest BCUT2D eigenvalue weighted by Gasteiger charge is 2.04. The van der Waals surface area contributed by atoms with E-state index >= 15 is 0 Å². The second-order valence-electron chi connectivity index (χ2n) is 3.97. The van der Waals surface area contributed by atoms with Crippen LogP contribution >= 0.6 is 27.3 Å². The molecule has 1 aromatic carbocycles. The van der Waals surface area contributed by atoms with Crippen LogP contribution in [0.2, 0.25) is 0 Å². The lowest BCUT2D eigenvalue weighted by Crippen LogP contribution is -2.07. The molecule has 18 heavy (non-hydrogen) atoms. The van der Waals surface area contributed by atoms with E-state index in [0.29, 0.717) is 13.2 Å². The molecule has 0 amide bonds. The van der Waals surface area contributed by atoms with Gasteiger partial charge in [0.2, 0.25) is 0 Å². The van der Waals surface area contributed by atoms with E-state index < -0.39 is 0 Å². The second-order valence-corrected chi connectivity index (χ2v) is 5.92. The summed E-state index contributed by atoms with van der Waals surface area (Å²) in [6, 6.07) is 10.3. The van der Waals surface area contributed by atoms with Crippen LogP contribution in [0, 0.1) is 0 Å². The smallest absolute Gasteiger partial charge is 0.122 e. The lowest BCUT2D eigenvalue weighted by Gasteiger charge is -2.11. The molecule has 0 aliphatic heterocycles. The Balaban J connectivity index is 1.95. The molecule has 0 fully saturated rings. The third-order valence-electron chi connectivity index (χ3n) is 2.62. The van der Waals surface area contributed by atoms with Gasteiger partial charge in [-0.1, -0.05) is 22.0 Å². The molecular weight excluding hydrogens is 310 g/mol. The van der Waals surface area contributed by atoms with Crippen LogP contribution < -0.4 is 10.5 Å². The van der Waals surface area contributed by atoms with Gasteiger partial charge in [-0.25, -0.2) is 0 Å². The molecule has 2 aromatic rings. The first-order valence-corrected chi connectivity index (χ1v) is 7.60. The van der Waals surface area contributed by atoms with Gasteiger partial charge in [0.25, 0.3) is 0 Å². The third-order valence-corrected chi connectivity index (χ3v) is 4.05. The molecule has 2 nitrogen and oxygen atoms in total. The maximum Gasteiger partial charge on any atom is 0.122 e. The van der Waals surface area contributed by atoms with E-state index in [1.165, 1.54) is 4.88 Å². The van der Waals surface area contributed by atoms with Crippen molar-refractivity contribution in [2.24, 2.45) is 5.73 Å². The zero-order valence-electron chi connectivity index (χ0n) is 10.1. The van der Waals surface area contributed by atoms with Crippen molar-refractivity contribution in [3.8, 4) is 5.75 Å². The van der Waals surface area contributed by atoms with Crippen molar-refractivity contribution in [1.82, 2.24) is 0 Å². The largest absolute Gasteiger partial charge is 0.493 e. The Morgan fingerprint density at radius 1 is 1.22 bits per heavy atom. The first-order valence-electron chi connectivity index (χ1n) is 5.93. The van der Waals surface area contributed by atoms with Crippen molar-refractivity contribution >= 4 is 27.3 Å². The molecular formula is C14H16BrNOS. The zero-order valence-corrected chi connectivity index (χ0v) is 12.5. The van der Waals surface area contributed by atoms with Gasteiger partial charge in [0.15, 0.2) is 0 Å². The molecule has 0 bridgehead atoms. The van der Waals surface area contributed by atoms with Crippen LogP contribution in [0.25, 0.3) is 0 Å². The number of benzene rings is 1. The number of thiophene rings is 1. The second kappa shape index (κ2) is 6.92. The summed E-state index contributed by atoms with van der Waals surface area (Å²) in [5.41, 5.74) is 6.78. The maximum absolute atomic E-state index is 5.85. The Kier molecular flexibility index (Phi) is 5.23. The minimum Gasteiger partial charge on any atom is -0.493 e. The summed E-state index contributed by atoms with van der Waals surface area (Å²) in [5, 5.41) is 2.09. The highest BCUT2D eigenvalue weighted by atomic mass is 79.9. The summed E-state index contributed by atoms with van der Waals surface area (Å²) in [6.07, 6.45) is 1.80. The van der Waals surface area contributed by atoms with Crippen LogP contribution in [0.4, 0.5) is 0 Å². The molecule has 0 spiro atoms. The Bertz CT molecular complexity index is 485. The molecule has 0 unspecified atom stereocenters. The minimum atomic E-state index is 0.637. The predicted octanol–water partition coefficient (Wildman–Crippen LogP) is 3.63. The van der Waals surface area contributed by atoms with Gasteiger partial charge >= 0.3 is 0 Å². The number of rotatable bonds is 6. The number of ether oxygens (including phenoxy) is 1. The lowest BCUT2D eigenvalue weighted by molar-refractivity contribution is 0.319. The van der Waals surface area contributed by atoms with Gasteiger partial charge in [0.05, 0.1) is 6.61 Å². The average molecular weight is 326 g/mol. The average Bonchev–Trinajstić information content (AvgIpc) is 2.85. The molecule has 0 aliphatic carbocycles. The normalized spacial score (nSPS) is 10.6. The van der Waals surface area contributed by atoms with Crippen LogP contribution in [0.5, 0.6) is 5.75 Å². The highest BCUT2D eigenvalue weighted by Crippen LogP contribution is 2.24. The van der Waals surface area contributed by atoms with E-state index in [4.69, 9.17) is 10.5 Å². The van der Waals surface area contributed by atoms with Crippen molar-refractivity contribution in [1.29, 1.82) is 0 Å². The molecule has 0 saturated heterocycles. The summed E-state index contributed by atoms with van der Waals surface area (Å²) < 4.78 is 6.91. The van der Waals surface area contributed by atoms with Crippen LogP contribution in [0.1, 0.15) is 10.4 Å². The predicted molar refractivity (Wildman–Crippen MR) is 80.4 cm³/mol. The van der Waals surface area contributed by atoms with Crippen molar-refractivity contribution in [3.63, 3.8) is 0 Å². The SMILES string of the molecule is NCCc1cc(Br)ccc1OCCc1cccs1. The first-order chi connectivity index (χ1) is 8.79. The van der Waals surface area contributed by atoms with E-state index in [1.54, 1.807) is 11.3 Å². The fraction of sp³-hybridized carbons (Fsp3) is 0.286. The van der Waals surface area contributed by atoms with E-state index in [1.807, 2.05) is 12.1 Å².